The number of nitrogens with zero attached hydrogens (tertiary/aromatic N) is 6. The van der Waals surface area contributed by atoms with Crippen molar-refractivity contribution in [3.63, 3.8) is 0 Å². The van der Waals surface area contributed by atoms with Crippen LogP contribution < -0.4 is 15.4 Å². The van der Waals surface area contributed by atoms with Gasteiger partial charge in [-0.3, -0.25) is 4.79 Å². The van der Waals surface area contributed by atoms with Crippen molar-refractivity contribution in [2.24, 2.45) is 5.41 Å². The van der Waals surface area contributed by atoms with Crippen LogP contribution in [0.5, 0.6) is 5.88 Å². The number of rotatable bonds is 6. The molecule has 1 spiro atoms. The molecule has 0 radical (unpaired) electrons. The first-order valence-electron chi connectivity index (χ1n) is 10.2. The van der Waals surface area contributed by atoms with Crippen molar-refractivity contribution < 1.29 is 9.53 Å². The number of anilines is 2. The predicted molar refractivity (Wildman–Crippen MR) is 110 cm³/mol. The number of piperidine rings is 2. The second-order valence-electron chi connectivity index (χ2n) is 8.08. The summed E-state index contributed by atoms with van der Waals surface area (Å²) in [5, 5.41) is 0. The van der Waals surface area contributed by atoms with Gasteiger partial charge in [-0.2, -0.15) is 9.97 Å². The molecule has 2 aliphatic heterocycles. The van der Waals surface area contributed by atoms with Gasteiger partial charge in [0, 0.05) is 57.6 Å². The van der Waals surface area contributed by atoms with Gasteiger partial charge >= 0.3 is 0 Å². The summed E-state index contributed by atoms with van der Waals surface area (Å²) in [6.45, 7) is 4.36. The maximum absolute atomic E-state index is 12.5. The highest BCUT2D eigenvalue weighted by Gasteiger charge is 2.41. The molecule has 0 saturated carbocycles. The third kappa shape index (κ3) is 4.44. The van der Waals surface area contributed by atoms with Crippen LogP contribution in [0.25, 0.3) is 0 Å². The van der Waals surface area contributed by atoms with Crippen LogP contribution in [-0.2, 0) is 11.3 Å². The van der Waals surface area contributed by atoms with E-state index in [4.69, 9.17) is 10.5 Å². The molecule has 156 valence electrons. The number of hydrogen-bond acceptors (Lipinski definition) is 7. The molecule has 2 aromatic heterocycles. The summed E-state index contributed by atoms with van der Waals surface area (Å²) >= 11 is 0. The standard InChI is InChI=1S/C20H29N7O2/c1-29-17-13-16(23-19(21)24-17)26-10-5-20(6-11-26)4-3-18(28)27(14-20)9-2-8-25-12-7-22-15-25/h7,12-13,15H,2-6,8-11,14H2,1H3,(H2,21,23,24). The first kappa shape index (κ1) is 19.5. The molecule has 0 aromatic carbocycles. The van der Waals surface area contributed by atoms with E-state index in [9.17, 15) is 4.79 Å². The smallest absolute Gasteiger partial charge is 0.225 e. The zero-order valence-corrected chi connectivity index (χ0v) is 17.0. The van der Waals surface area contributed by atoms with Crippen LogP contribution in [0.1, 0.15) is 32.1 Å². The number of aromatic nitrogens is 4. The summed E-state index contributed by atoms with van der Waals surface area (Å²) < 4.78 is 7.28. The molecular formula is C20H29N7O2. The third-order valence-corrected chi connectivity index (χ3v) is 6.22. The molecule has 9 nitrogen and oxygen atoms in total. The fraction of sp³-hybridized carbons (Fsp3) is 0.600. The highest BCUT2D eigenvalue weighted by atomic mass is 16.5. The van der Waals surface area contributed by atoms with Gasteiger partial charge in [0.25, 0.3) is 0 Å². The number of amides is 1. The van der Waals surface area contributed by atoms with E-state index in [-0.39, 0.29) is 17.3 Å². The molecule has 0 aliphatic carbocycles. The van der Waals surface area contributed by atoms with Crippen molar-refractivity contribution >= 4 is 17.7 Å². The monoisotopic (exact) mass is 399 g/mol. The molecule has 9 heteroatoms. The van der Waals surface area contributed by atoms with Crippen LogP contribution in [-0.4, -0.2) is 63.6 Å². The molecule has 0 bridgehead atoms. The quantitative estimate of drug-likeness (QED) is 0.786. The van der Waals surface area contributed by atoms with E-state index in [1.165, 1.54) is 0 Å². The number of methoxy groups -OCH3 is 1. The van der Waals surface area contributed by atoms with Crippen LogP contribution in [0.4, 0.5) is 11.8 Å². The van der Waals surface area contributed by atoms with Crippen LogP contribution in [0.2, 0.25) is 0 Å². The molecule has 29 heavy (non-hydrogen) atoms. The van der Waals surface area contributed by atoms with Gasteiger partial charge in [-0.05, 0) is 31.1 Å². The Morgan fingerprint density at radius 3 is 2.76 bits per heavy atom. The largest absolute Gasteiger partial charge is 0.481 e. The topological polar surface area (TPSA) is 102 Å². The lowest BCUT2D eigenvalue weighted by Crippen LogP contribution is -2.52. The summed E-state index contributed by atoms with van der Waals surface area (Å²) in [6, 6.07) is 1.83. The van der Waals surface area contributed by atoms with Gasteiger partial charge in [0.2, 0.25) is 17.7 Å². The number of carbonyl (C=O) groups is 1. The van der Waals surface area contributed by atoms with Crippen molar-refractivity contribution in [2.75, 3.05) is 43.9 Å². The van der Waals surface area contributed by atoms with Crippen LogP contribution in [0.15, 0.2) is 24.8 Å². The number of likely N-dealkylation sites (tertiary alicyclic amines) is 1. The molecule has 2 fully saturated rings. The van der Waals surface area contributed by atoms with Crippen molar-refractivity contribution in [3.8, 4) is 5.88 Å². The van der Waals surface area contributed by atoms with Crippen molar-refractivity contribution in [3.05, 3.63) is 24.8 Å². The second kappa shape index (κ2) is 8.26. The first-order chi connectivity index (χ1) is 14.1. The van der Waals surface area contributed by atoms with Gasteiger partial charge in [0.05, 0.1) is 13.4 Å². The molecule has 2 aliphatic rings. The average Bonchev–Trinajstić information content (AvgIpc) is 3.24. The zero-order chi connectivity index (χ0) is 20.3. The minimum atomic E-state index is 0.210. The van der Waals surface area contributed by atoms with E-state index in [0.717, 1.165) is 64.2 Å². The Hall–Kier alpha value is -2.84. The minimum absolute atomic E-state index is 0.210. The van der Waals surface area contributed by atoms with Crippen LogP contribution in [0, 0.1) is 5.41 Å². The van der Waals surface area contributed by atoms with Crippen molar-refractivity contribution in [2.45, 2.75) is 38.6 Å². The number of hydrogen-bond donors (Lipinski definition) is 1. The molecule has 1 amide bonds. The number of nitrogens with two attached hydrogens (primary N) is 1. The summed E-state index contributed by atoms with van der Waals surface area (Å²) in [5.74, 6) is 1.82. The predicted octanol–water partition coefficient (Wildman–Crippen LogP) is 1.56. The molecule has 4 rings (SSSR count). The molecular weight excluding hydrogens is 370 g/mol. The summed E-state index contributed by atoms with van der Waals surface area (Å²) in [4.78, 5) is 29.3. The Balaban J connectivity index is 1.34. The number of nitrogen functional groups attached to an aromatic ring is 1. The number of carbonyl (C=O) groups excluding carboxylic acids is 1. The van der Waals surface area contributed by atoms with Gasteiger partial charge in [0.1, 0.15) is 5.82 Å². The lowest BCUT2D eigenvalue weighted by Gasteiger charge is -2.47. The van der Waals surface area contributed by atoms with E-state index in [0.29, 0.717) is 12.3 Å². The minimum Gasteiger partial charge on any atom is -0.481 e. The van der Waals surface area contributed by atoms with Gasteiger partial charge in [-0.25, -0.2) is 4.98 Å². The van der Waals surface area contributed by atoms with Crippen LogP contribution in [0.3, 0.4) is 0 Å². The van der Waals surface area contributed by atoms with Gasteiger partial charge in [-0.15, -0.1) is 0 Å². The third-order valence-electron chi connectivity index (χ3n) is 6.22. The molecule has 0 atom stereocenters. The summed E-state index contributed by atoms with van der Waals surface area (Å²) in [7, 11) is 1.58. The van der Waals surface area contributed by atoms with E-state index < -0.39 is 0 Å². The Labute approximate surface area is 170 Å². The zero-order valence-electron chi connectivity index (χ0n) is 17.0. The van der Waals surface area contributed by atoms with Gasteiger partial charge in [-0.1, -0.05) is 0 Å². The van der Waals surface area contributed by atoms with Gasteiger partial charge in [0.15, 0.2) is 0 Å². The lowest BCUT2D eigenvalue weighted by atomic mass is 9.72. The fourth-order valence-corrected chi connectivity index (χ4v) is 4.48. The maximum Gasteiger partial charge on any atom is 0.225 e. The Morgan fingerprint density at radius 1 is 1.21 bits per heavy atom. The van der Waals surface area contributed by atoms with Crippen molar-refractivity contribution in [1.29, 1.82) is 0 Å². The van der Waals surface area contributed by atoms with E-state index in [1.807, 2.05) is 18.6 Å². The fourth-order valence-electron chi connectivity index (χ4n) is 4.48. The molecule has 2 saturated heterocycles. The van der Waals surface area contributed by atoms with Crippen LogP contribution >= 0.6 is 0 Å². The van der Waals surface area contributed by atoms with Crippen molar-refractivity contribution in [1.82, 2.24) is 24.4 Å². The molecule has 2 aromatic rings. The number of aryl methyl sites for hydroxylation is 1. The highest BCUT2D eigenvalue weighted by Crippen LogP contribution is 2.41. The highest BCUT2D eigenvalue weighted by molar-refractivity contribution is 5.77. The molecule has 2 N–H and O–H groups in total. The average molecular weight is 399 g/mol. The first-order valence-corrected chi connectivity index (χ1v) is 10.2. The normalized spacial score (nSPS) is 19.0. The van der Waals surface area contributed by atoms with Gasteiger partial charge < -0.3 is 24.8 Å². The van der Waals surface area contributed by atoms with E-state index in [2.05, 4.69) is 29.3 Å². The number of imidazole rings is 1. The summed E-state index contributed by atoms with van der Waals surface area (Å²) in [6.07, 6.45) is 10.2. The number of ether oxygens (including phenoxy) is 1. The van der Waals surface area contributed by atoms with E-state index >= 15 is 0 Å². The maximum atomic E-state index is 12.5. The van der Waals surface area contributed by atoms with E-state index in [1.54, 1.807) is 13.3 Å². The second-order valence-corrected chi connectivity index (χ2v) is 8.08. The SMILES string of the molecule is COc1cc(N2CCC3(CCC(=O)N(CCCn4ccnc4)C3)CC2)nc(N)n1. The Kier molecular flexibility index (Phi) is 5.55. The summed E-state index contributed by atoms with van der Waals surface area (Å²) in [5.41, 5.74) is 6.02. The lowest BCUT2D eigenvalue weighted by molar-refractivity contribution is -0.138. The Morgan fingerprint density at radius 2 is 2.03 bits per heavy atom. The molecule has 4 heterocycles. The molecule has 0 unspecified atom stereocenters. The Bertz CT molecular complexity index is 831.